The summed E-state index contributed by atoms with van der Waals surface area (Å²) in [5.41, 5.74) is -1.68. The second kappa shape index (κ2) is 7.81. The molecular formula is C15H15N3O7. The maximum absolute atomic E-state index is 11.8. The van der Waals surface area contributed by atoms with Crippen LogP contribution in [-0.4, -0.2) is 42.7 Å². The van der Waals surface area contributed by atoms with E-state index in [2.05, 4.69) is 10.3 Å². The van der Waals surface area contributed by atoms with Gasteiger partial charge in [0.15, 0.2) is 18.1 Å². The van der Waals surface area contributed by atoms with Crippen LogP contribution in [0.3, 0.4) is 0 Å². The topological polar surface area (TPSA) is 140 Å². The summed E-state index contributed by atoms with van der Waals surface area (Å²) in [6, 6.07) is 4.71. The highest BCUT2D eigenvalue weighted by Crippen LogP contribution is 2.29. The lowest BCUT2D eigenvalue weighted by Gasteiger charge is -2.10. The Labute approximate surface area is 140 Å². The molecule has 1 amide bonds. The summed E-state index contributed by atoms with van der Waals surface area (Å²) >= 11 is 0. The van der Waals surface area contributed by atoms with Gasteiger partial charge in [0.25, 0.3) is 11.5 Å². The molecule has 0 saturated heterocycles. The molecule has 0 aliphatic carbocycles. The zero-order valence-corrected chi connectivity index (χ0v) is 13.4. The summed E-state index contributed by atoms with van der Waals surface area (Å²) in [5, 5.41) is 2.50. The first-order valence-electron chi connectivity index (χ1n) is 6.95. The average Bonchev–Trinajstić information content (AvgIpc) is 2.59. The molecule has 0 radical (unpaired) electrons. The smallest absolute Gasteiger partial charge is 0.345 e. The van der Waals surface area contributed by atoms with Gasteiger partial charge >= 0.3 is 11.7 Å². The lowest BCUT2D eigenvalue weighted by Crippen LogP contribution is -2.29. The molecule has 10 heteroatoms. The Kier molecular flexibility index (Phi) is 5.56. The number of aromatic nitrogens is 2. The summed E-state index contributed by atoms with van der Waals surface area (Å²) in [4.78, 5) is 49.9. The van der Waals surface area contributed by atoms with Crippen LogP contribution < -0.4 is 26.0 Å². The Morgan fingerprint density at radius 3 is 2.48 bits per heavy atom. The van der Waals surface area contributed by atoms with Crippen LogP contribution in [0.4, 0.5) is 5.69 Å². The van der Waals surface area contributed by atoms with Gasteiger partial charge in [-0.1, -0.05) is 0 Å². The minimum Gasteiger partial charge on any atom is -0.493 e. The lowest BCUT2D eigenvalue weighted by atomic mass is 10.2. The van der Waals surface area contributed by atoms with Gasteiger partial charge in [0, 0.05) is 18.0 Å². The molecule has 0 spiro atoms. The summed E-state index contributed by atoms with van der Waals surface area (Å²) in [6.07, 6.45) is 0.912. The molecule has 0 aliphatic rings. The van der Waals surface area contributed by atoms with E-state index in [1.807, 2.05) is 4.98 Å². The van der Waals surface area contributed by atoms with Gasteiger partial charge in [-0.05, 0) is 12.1 Å². The van der Waals surface area contributed by atoms with Gasteiger partial charge in [-0.25, -0.2) is 9.59 Å². The van der Waals surface area contributed by atoms with Gasteiger partial charge < -0.3 is 24.5 Å². The molecule has 2 rings (SSSR count). The van der Waals surface area contributed by atoms with Crippen LogP contribution in [0.25, 0.3) is 0 Å². The van der Waals surface area contributed by atoms with Gasteiger partial charge in [0.05, 0.1) is 14.2 Å². The molecule has 10 nitrogen and oxygen atoms in total. The summed E-state index contributed by atoms with van der Waals surface area (Å²) < 4.78 is 14.9. The van der Waals surface area contributed by atoms with Crippen molar-refractivity contribution in [3.05, 3.63) is 50.8 Å². The molecule has 1 aromatic heterocycles. The maximum atomic E-state index is 11.8. The van der Waals surface area contributed by atoms with Gasteiger partial charge in [0.1, 0.15) is 5.56 Å². The zero-order valence-electron chi connectivity index (χ0n) is 13.4. The molecule has 0 unspecified atom stereocenters. The van der Waals surface area contributed by atoms with Crippen molar-refractivity contribution in [2.24, 2.45) is 0 Å². The van der Waals surface area contributed by atoms with E-state index in [4.69, 9.17) is 14.2 Å². The van der Waals surface area contributed by atoms with Crippen LogP contribution >= 0.6 is 0 Å². The van der Waals surface area contributed by atoms with Crippen molar-refractivity contribution in [1.29, 1.82) is 0 Å². The number of anilines is 1. The number of aromatic amines is 2. The molecule has 0 aliphatic heterocycles. The molecule has 0 saturated carbocycles. The highest BCUT2D eigenvalue weighted by Gasteiger charge is 2.15. The van der Waals surface area contributed by atoms with Crippen molar-refractivity contribution in [3.8, 4) is 11.5 Å². The molecule has 3 N–H and O–H groups in total. The zero-order chi connectivity index (χ0) is 18.4. The highest BCUT2D eigenvalue weighted by molar-refractivity contribution is 5.95. The molecule has 1 heterocycles. The number of esters is 1. The van der Waals surface area contributed by atoms with Crippen LogP contribution in [0.2, 0.25) is 0 Å². The largest absolute Gasteiger partial charge is 0.493 e. The molecular weight excluding hydrogens is 334 g/mol. The fourth-order valence-electron chi connectivity index (χ4n) is 1.88. The van der Waals surface area contributed by atoms with Gasteiger partial charge in [0.2, 0.25) is 0 Å². The van der Waals surface area contributed by atoms with Gasteiger partial charge in [-0.2, -0.15) is 0 Å². The van der Waals surface area contributed by atoms with Gasteiger partial charge in [-0.3, -0.25) is 14.6 Å². The fourth-order valence-corrected chi connectivity index (χ4v) is 1.88. The van der Waals surface area contributed by atoms with Crippen molar-refractivity contribution in [3.63, 3.8) is 0 Å². The second-order valence-corrected chi connectivity index (χ2v) is 4.68. The Morgan fingerprint density at radius 2 is 1.84 bits per heavy atom. The SMILES string of the molecule is COc1ccc(NC(=O)COC(=O)c2c[nH]c(=O)[nH]c2=O)cc1OC. The average molecular weight is 349 g/mol. The van der Waals surface area contributed by atoms with E-state index >= 15 is 0 Å². The second-order valence-electron chi connectivity index (χ2n) is 4.68. The predicted molar refractivity (Wildman–Crippen MR) is 86.1 cm³/mol. The quantitative estimate of drug-likeness (QED) is 0.617. The van der Waals surface area contributed by atoms with E-state index in [-0.39, 0.29) is 0 Å². The van der Waals surface area contributed by atoms with Gasteiger partial charge in [-0.15, -0.1) is 0 Å². The number of hydrogen-bond donors (Lipinski definition) is 3. The van der Waals surface area contributed by atoms with Crippen LogP contribution in [0.1, 0.15) is 10.4 Å². The van der Waals surface area contributed by atoms with E-state index in [0.717, 1.165) is 6.20 Å². The maximum Gasteiger partial charge on any atom is 0.345 e. The summed E-state index contributed by atoms with van der Waals surface area (Å²) in [5.74, 6) is -0.761. The Morgan fingerprint density at radius 1 is 1.12 bits per heavy atom. The van der Waals surface area contributed by atoms with E-state index in [1.165, 1.54) is 20.3 Å². The first-order chi connectivity index (χ1) is 11.9. The predicted octanol–water partition coefficient (Wildman–Crippen LogP) is -0.124. The van der Waals surface area contributed by atoms with Crippen LogP contribution in [-0.2, 0) is 9.53 Å². The van der Waals surface area contributed by atoms with Crippen molar-refractivity contribution in [2.45, 2.75) is 0 Å². The van der Waals surface area contributed by atoms with E-state index in [9.17, 15) is 19.2 Å². The number of hydrogen-bond acceptors (Lipinski definition) is 7. The Bertz CT molecular complexity index is 900. The van der Waals surface area contributed by atoms with Crippen molar-refractivity contribution in [2.75, 3.05) is 26.1 Å². The Hall–Kier alpha value is -3.56. The van der Waals surface area contributed by atoms with Crippen molar-refractivity contribution in [1.82, 2.24) is 9.97 Å². The third-order valence-electron chi connectivity index (χ3n) is 3.04. The molecule has 2 aromatic rings. The summed E-state index contributed by atoms with van der Waals surface area (Å²) in [6.45, 7) is -0.619. The fraction of sp³-hybridized carbons (Fsp3) is 0.200. The standard InChI is InChI=1S/C15H15N3O7/c1-23-10-4-3-8(5-11(10)24-2)17-12(19)7-25-14(21)9-6-16-15(22)18-13(9)20/h3-6H,7H2,1-2H3,(H,17,19)(H2,16,18,20,22). The monoisotopic (exact) mass is 349 g/mol. The molecule has 0 atom stereocenters. The van der Waals surface area contributed by atoms with E-state index < -0.39 is 35.3 Å². The number of nitrogens with one attached hydrogen (secondary N) is 3. The first kappa shape index (κ1) is 17.8. The Balaban J connectivity index is 1.97. The highest BCUT2D eigenvalue weighted by atomic mass is 16.5. The number of carbonyl (C=O) groups excluding carboxylic acids is 2. The van der Waals surface area contributed by atoms with E-state index in [0.29, 0.717) is 17.2 Å². The lowest BCUT2D eigenvalue weighted by molar-refractivity contribution is -0.119. The number of amides is 1. The van der Waals surface area contributed by atoms with Crippen LogP contribution in [0.15, 0.2) is 34.0 Å². The number of benzene rings is 1. The number of ether oxygens (including phenoxy) is 3. The normalized spacial score (nSPS) is 10.0. The number of methoxy groups -OCH3 is 2. The summed E-state index contributed by atoms with van der Waals surface area (Å²) in [7, 11) is 2.93. The number of rotatable bonds is 6. The third kappa shape index (κ3) is 4.47. The molecule has 25 heavy (non-hydrogen) atoms. The molecule has 132 valence electrons. The van der Waals surface area contributed by atoms with Crippen molar-refractivity contribution < 1.29 is 23.8 Å². The molecule has 0 bridgehead atoms. The molecule has 1 aromatic carbocycles. The minimum absolute atomic E-state index is 0.403. The van der Waals surface area contributed by atoms with Crippen molar-refractivity contribution >= 4 is 17.6 Å². The van der Waals surface area contributed by atoms with E-state index in [1.54, 1.807) is 12.1 Å². The first-order valence-corrected chi connectivity index (χ1v) is 6.95. The number of carbonyl (C=O) groups is 2. The molecule has 0 fully saturated rings. The minimum atomic E-state index is -1.04. The van der Waals surface area contributed by atoms with Crippen LogP contribution in [0, 0.1) is 0 Å². The third-order valence-corrected chi connectivity index (χ3v) is 3.04. The van der Waals surface area contributed by atoms with Crippen LogP contribution in [0.5, 0.6) is 11.5 Å². The number of H-pyrrole nitrogens is 2.